The Morgan fingerprint density at radius 3 is 2.80 bits per heavy atom. The van der Waals surface area contributed by atoms with Crippen LogP contribution in [0.4, 0.5) is 5.95 Å². The van der Waals surface area contributed by atoms with E-state index >= 15 is 0 Å². The molecule has 9 nitrogen and oxygen atoms in total. The molecule has 2 N–H and O–H groups in total. The standard InChI is InChI=1S/C21H27N5O4/c1-14-7-6-10-25(11-14)20-22-18-17(19(28)23-21(29)24(18)2)26(20)12-15(27)13-30-16-8-4-3-5-9-16/h3-5,8-9,14-15,27H,6-7,10-13H2,1-2H3,(H,23,28,29)/t14-,15-/m1/s1. The van der Waals surface area contributed by atoms with Gasteiger partial charge in [0.15, 0.2) is 11.2 Å². The molecule has 9 heteroatoms. The number of ether oxygens (including phenoxy) is 1. The topological polar surface area (TPSA) is 105 Å². The summed E-state index contributed by atoms with van der Waals surface area (Å²) in [7, 11) is 1.58. The second-order valence-electron chi connectivity index (χ2n) is 7.98. The molecule has 0 unspecified atom stereocenters. The van der Waals surface area contributed by atoms with E-state index in [-0.39, 0.29) is 18.7 Å². The number of hydrogen-bond acceptors (Lipinski definition) is 6. The summed E-state index contributed by atoms with van der Waals surface area (Å²) in [6, 6.07) is 9.26. The van der Waals surface area contributed by atoms with E-state index in [1.54, 1.807) is 11.6 Å². The van der Waals surface area contributed by atoms with Gasteiger partial charge in [0.2, 0.25) is 5.95 Å². The number of aliphatic hydroxyl groups excluding tert-OH is 1. The van der Waals surface area contributed by atoms with Gasteiger partial charge in [0.1, 0.15) is 18.5 Å². The predicted molar refractivity (Wildman–Crippen MR) is 114 cm³/mol. The van der Waals surface area contributed by atoms with Crippen LogP contribution in [0.2, 0.25) is 0 Å². The van der Waals surface area contributed by atoms with Crippen molar-refractivity contribution in [3.8, 4) is 5.75 Å². The summed E-state index contributed by atoms with van der Waals surface area (Å²) in [5, 5.41) is 10.7. The average Bonchev–Trinajstić information content (AvgIpc) is 3.11. The number of piperidine rings is 1. The van der Waals surface area contributed by atoms with E-state index in [9.17, 15) is 14.7 Å². The number of benzene rings is 1. The number of aliphatic hydroxyl groups is 1. The number of para-hydroxylation sites is 1. The molecule has 0 spiro atoms. The molecular weight excluding hydrogens is 386 g/mol. The van der Waals surface area contributed by atoms with Gasteiger partial charge in [0.25, 0.3) is 5.56 Å². The molecule has 0 aliphatic carbocycles. The molecule has 3 aromatic rings. The lowest BCUT2D eigenvalue weighted by Gasteiger charge is -2.32. The van der Waals surface area contributed by atoms with Crippen LogP contribution in [0.15, 0.2) is 39.9 Å². The minimum absolute atomic E-state index is 0.0726. The predicted octanol–water partition coefficient (Wildman–Crippen LogP) is 1.10. The number of rotatable bonds is 6. The number of fused-ring (bicyclic) bond motifs is 1. The summed E-state index contributed by atoms with van der Waals surface area (Å²) in [5.74, 6) is 1.76. The van der Waals surface area contributed by atoms with Gasteiger partial charge in [-0.1, -0.05) is 25.1 Å². The van der Waals surface area contributed by atoms with Gasteiger partial charge in [-0.05, 0) is 30.9 Å². The Morgan fingerprint density at radius 1 is 1.30 bits per heavy atom. The molecule has 1 aliphatic heterocycles. The molecule has 0 amide bonds. The Morgan fingerprint density at radius 2 is 2.07 bits per heavy atom. The fourth-order valence-electron chi connectivity index (χ4n) is 3.98. The van der Waals surface area contributed by atoms with Crippen LogP contribution >= 0.6 is 0 Å². The Bertz CT molecular complexity index is 1130. The lowest BCUT2D eigenvalue weighted by atomic mass is 10.0. The third kappa shape index (κ3) is 3.97. The van der Waals surface area contributed by atoms with Crippen molar-refractivity contribution in [3.05, 3.63) is 51.2 Å². The molecule has 0 radical (unpaired) electrons. The first kappa shape index (κ1) is 20.2. The second-order valence-corrected chi connectivity index (χ2v) is 7.98. The van der Waals surface area contributed by atoms with Crippen molar-refractivity contribution >= 4 is 17.1 Å². The Balaban J connectivity index is 1.69. The molecule has 1 aromatic carbocycles. The number of hydrogen-bond donors (Lipinski definition) is 2. The number of aromatic amines is 1. The highest BCUT2D eigenvalue weighted by atomic mass is 16.5. The summed E-state index contributed by atoms with van der Waals surface area (Å²) in [6.07, 6.45) is 1.31. The molecule has 1 fully saturated rings. The van der Waals surface area contributed by atoms with Crippen LogP contribution in [0.5, 0.6) is 5.75 Å². The highest BCUT2D eigenvalue weighted by molar-refractivity contribution is 5.74. The number of aryl methyl sites for hydroxylation is 1. The summed E-state index contributed by atoms with van der Waals surface area (Å²) in [5.41, 5.74) is -0.422. The zero-order valence-electron chi connectivity index (χ0n) is 17.2. The SMILES string of the molecule is C[C@@H]1CCCN(c2nc3c(c(=O)[nH]c(=O)n3C)n2C[C@@H](O)COc2ccccc2)C1. The number of nitrogens with zero attached hydrogens (tertiary/aromatic N) is 4. The molecule has 0 bridgehead atoms. The first-order valence-electron chi connectivity index (χ1n) is 10.2. The summed E-state index contributed by atoms with van der Waals surface area (Å²) in [6.45, 7) is 4.01. The molecule has 2 atom stereocenters. The lowest BCUT2D eigenvalue weighted by Crippen LogP contribution is -2.37. The van der Waals surface area contributed by atoms with Gasteiger partial charge in [-0.15, -0.1) is 0 Å². The molecule has 160 valence electrons. The number of H-pyrrole nitrogens is 1. The van der Waals surface area contributed by atoms with Crippen molar-refractivity contribution in [2.24, 2.45) is 13.0 Å². The first-order valence-corrected chi connectivity index (χ1v) is 10.2. The highest BCUT2D eigenvalue weighted by Gasteiger charge is 2.26. The van der Waals surface area contributed by atoms with Crippen LogP contribution in [-0.2, 0) is 13.6 Å². The molecule has 3 heterocycles. The van der Waals surface area contributed by atoms with Crippen molar-refractivity contribution in [2.45, 2.75) is 32.4 Å². The maximum atomic E-state index is 12.6. The molecular formula is C21H27N5O4. The van der Waals surface area contributed by atoms with Crippen LogP contribution < -0.4 is 20.9 Å². The fourth-order valence-corrected chi connectivity index (χ4v) is 3.98. The first-order chi connectivity index (χ1) is 14.4. The normalized spacial score (nSPS) is 18.0. The van der Waals surface area contributed by atoms with Crippen molar-refractivity contribution < 1.29 is 9.84 Å². The van der Waals surface area contributed by atoms with Gasteiger partial charge in [0, 0.05) is 20.1 Å². The van der Waals surface area contributed by atoms with Crippen molar-refractivity contribution in [1.82, 2.24) is 19.1 Å². The van der Waals surface area contributed by atoms with Crippen molar-refractivity contribution in [3.63, 3.8) is 0 Å². The minimum atomic E-state index is -0.861. The minimum Gasteiger partial charge on any atom is -0.491 e. The Labute approximate surface area is 173 Å². The zero-order valence-corrected chi connectivity index (χ0v) is 17.2. The van der Waals surface area contributed by atoms with E-state index in [2.05, 4.69) is 21.8 Å². The van der Waals surface area contributed by atoms with Crippen molar-refractivity contribution in [1.29, 1.82) is 0 Å². The number of imidazole rings is 1. The molecule has 30 heavy (non-hydrogen) atoms. The van der Waals surface area contributed by atoms with Crippen LogP contribution in [-0.4, -0.2) is 50.0 Å². The van der Waals surface area contributed by atoms with E-state index in [1.165, 1.54) is 4.57 Å². The van der Waals surface area contributed by atoms with Crippen LogP contribution in [0.1, 0.15) is 19.8 Å². The van der Waals surface area contributed by atoms with Gasteiger partial charge < -0.3 is 19.3 Å². The zero-order chi connectivity index (χ0) is 21.3. The van der Waals surface area contributed by atoms with E-state index in [0.717, 1.165) is 25.9 Å². The smallest absolute Gasteiger partial charge is 0.329 e. The van der Waals surface area contributed by atoms with Gasteiger partial charge in [-0.2, -0.15) is 4.98 Å². The molecule has 1 saturated heterocycles. The highest BCUT2D eigenvalue weighted by Crippen LogP contribution is 2.25. The van der Waals surface area contributed by atoms with E-state index in [4.69, 9.17) is 4.74 Å². The van der Waals surface area contributed by atoms with Crippen LogP contribution in [0.3, 0.4) is 0 Å². The molecule has 4 rings (SSSR count). The number of nitrogens with one attached hydrogen (secondary N) is 1. The van der Waals surface area contributed by atoms with E-state index < -0.39 is 17.4 Å². The quantitative estimate of drug-likeness (QED) is 0.627. The van der Waals surface area contributed by atoms with Crippen molar-refractivity contribution in [2.75, 3.05) is 24.6 Å². The van der Waals surface area contributed by atoms with Gasteiger partial charge in [-0.3, -0.25) is 14.3 Å². The van der Waals surface area contributed by atoms with Crippen LogP contribution in [0, 0.1) is 5.92 Å². The fraction of sp³-hybridized carbons (Fsp3) is 0.476. The molecule has 2 aromatic heterocycles. The lowest BCUT2D eigenvalue weighted by molar-refractivity contribution is 0.0935. The molecule has 1 aliphatic rings. The summed E-state index contributed by atoms with van der Waals surface area (Å²) in [4.78, 5) is 33.8. The Kier molecular flexibility index (Phi) is 5.63. The molecule has 0 saturated carbocycles. The van der Waals surface area contributed by atoms with Gasteiger partial charge >= 0.3 is 5.69 Å². The third-order valence-corrected chi connectivity index (χ3v) is 5.51. The second kappa shape index (κ2) is 8.35. The third-order valence-electron chi connectivity index (χ3n) is 5.51. The monoisotopic (exact) mass is 413 g/mol. The van der Waals surface area contributed by atoms with E-state index in [1.807, 2.05) is 30.3 Å². The van der Waals surface area contributed by atoms with E-state index in [0.29, 0.717) is 23.3 Å². The maximum absolute atomic E-state index is 12.6. The largest absolute Gasteiger partial charge is 0.491 e. The number of anilines is 1. The van der Waals surface area contributed by atoms with Crippen LogP contribution in [0.25, 0.3) is 11.2 Å². The summed E-state index contributed by atoms with van der Waals surface area (Å²) < 4.78 is 8.71. The van der Waals surface area contributed by atoms with Gasteiger partial charge in [-0.25, -0.2) is 4.79 Å². The number of aromatic nitrogens is 4. The Hall–Kier alpha value is -3.07. The average molecular weight is 413 g/mol. The maximum Gasteiger partial charge on any atom is 0.329 e. The van der Waals surface area contributed by atoms with Gasteiger partial charge in [0.05, 0.1) is 6.54 Å². The summed E-state index contributed by atoms with van der Waals surface area (Å²) >= 11 is 0.